The molecule has 13 heteroatoms. The van der Waals surface area contributed by atoms with Crippen LogP contribution in [-0.4, -0.2) is 64.0 Å². The van der Waals surface area contributed by atoms with Crippen LogP contribution in [0, 0.1) is 11.7 Å². The Morgan fingerprint density at radius 3 is 2.67 bits per heavy atom. The van der Waals surface area contributed by atoms with Crippen molar-refractivity contribution in [1.29, 1.82) is 0 Å². The van der Waals surface area contributed by atoms with E-state index >= 15 is 4.39 Å². The molecule has 0 spiro atoms. The molecule has 5 aromatic rings. The summed E-state index contributed by atoms with van der Waals surface area (Å²) in [5.74, 6) is 0.722. The third kappa shape index (κ3) is 5.98. The number of imidazole rings is 1. The maximum Gasteiger partial charge on any atom is 0.407 e. The molecule has 1 fully saturated rings. The summed E-state index contributed by atoms with van der Waals surface area (Å²) in [6.07, 6.45) is 5.28. The van der Waals surface area contributed by atoms with Crippen LogP contribution in [0.4, 0.5) is 9.18 Å². The number of H-pyrrole nitrogens is 1. The summed E-state index contributed by atoms with van der Waals surface area (Å²) in [5, 5.41) is 4.82. The van der Waals surface area contributed by atoms with Gasteiger partial charge in [-0.05, 0) is 61.8 Å². The van der Waals surface area contributed by atoms with Crippen molar-refractivity contribution < 1.29 is 23.5 Å². The number of likely N-dealkylation sites (N-methyl/N-ethyl adjacent to an activating group) is 1. The zero-order valence-electron chi connectivity index (χ0n) is 28.5. The zero-order valence-corrected chi connectivity index (χ0v) is 29.4. The lowest BCUT2D eigenvalue weighted by atomic mass is 9.95. The Morgan fingerprint density at radius 1 is 1.18 bits per heavy atom. The highest BCUT2D eigenvalue weighted by molar-refractivity contribution is 7.11. The number of benzene rings is 2. The number of hydrogen-bond acceptors (Lipinski definition) is 7. The smallest absolute Gasteiger partial charge is 0.407 e. The van der Waals surface area contributed by atoms with Gasteiger partial charge >= 0.3 is 6.09 Å². The topological polar surface area (TPSA) is 114 Å². The van der Waals surface area contributed by atoms with E-state index in [4.69, 9.17) is 14.5 Å². The fraction of sp³-hybridized carbons (Fsp3) is 0.389. The number of thiazole rings is 1. The molecule has 0 saturated heterocycles. The summed E-state index contributed by atoms with van der Waals surface area (Å²) < 4.78 is 29.9. The fourth-order valence-electron chi connectivity index (χ4n) is 6.79. The standard InChI is InChI=1S/C36H40BFN6O4S/c1-6-25(43(7-2)34(45)31(18(3)4)42-36(46)47-5)32-39-16-24(41-32)20-13-23(38)30-27-14-21-12-22(37)10-11-26(21)44(27)35(48-28(30)15-20)29-17-40-33(49-29)19-8-9-19/h10-19,25,31,35H,6-9,37H2,1-5H3,(H,39,41)(H,42,46)/t25-,31-,35-/m0/s1. The quantitative estimate of drug-likeness (QED) is 0.174. The third-order valence-electron chi connectivity index (χ3n) is 9.49. The van der Waals surface area contributed by atoms with Crippen molar-refractivity contribution >= 4 is 47.5 Å². The number of rotatable bonds is 10. The minimum Gasteiger partial charge on any atom is -0.464 e. The summed E-state index contributed by atoms with van der Waals surface area (Å²) >= 11 is 1.66. The fourth-order valence-corrected chi connectivity index (χ4v) is 7.90. The third-order valence-corrected chi connectivity index (χ3v) is 10.7. The molecule has 3 atom stereocenters. The highest BCUT2D eigenvalue weighted by Crippen LogP contribution is 2.49. The second-order valence-corrected chi connectivity index (χ2v) is 14.3. The van der Waals surface area contributed by atoms with Crippen molar-refractivity contribution in [2.24, 2.45) is 5.92 Å². The van der Waals surface area contributed by atoms with Gasteiger partial charge in [0.1, 0.15) is 31.3 Å². The van der Waals surface area contributed by atoms with E-state index < -0.39 is 30.2 Å². The molecule has 254 valence electrons. The van der Waals surface area contributed by atoms with Gasteiger partial charge in [0.05, 0.1) is 51.7 Å². The molecule has 2 amide bonds. The Hall–Kier alpha value is -4.65. The first-order chi connectivity index (χ1) is 23.6. The van der Waals surface area contributed by atoms with Gasteiger partial charge in [-0.15, -0.1) is 11.3 Å². The van der Waals surface area contributed by atoms with E-state index in [1.54, 1.807) is 22.4 Å². The number of methoxy groups -OCH3 is 1. The van der Waals surface area contributed by atoms with E-state index in [0.29, 0.717) is 47.3 Å². The van der Waals surface area contributed by atoms with E-state index in [9.17, 15) is 9.59 Å². The van der Waals surface area contributed by atoms with Gasteiger partial charge in [0, 0.05) is 24.2 Å². The van der Waals surface area contributed by atoms with Crippen molar-refractivity contribution in [1.82, 2.24) is 29.7 Å². The maximum absolute atomic E-state index is 16.3. The lowest BCUT2D eigenvalue weighted by Crippen LogP contribution is -2.52. The summed E-state index contributed by atoms with van der Waals surface area (Å²) in [4.78, 5) is 41.2. The normalized spacial score (nSPS) is 16.5. The minimum absolute atomic E-state index is 0.166. The van der Waals surface area contributed by atoms with Crippen LogP contribution in [0.1, 0.15) is 80.9 Å². The van der Waals surface area contributed by atoms with E-state index in [1.807, 2.05) is 46.0 Å². The number of amides is 2. The molecule has 0 unspecified atom stereocenters. The van der Waals surface area contributed by atoms with Crippen LogP contribution in [0.15, 0.2) is 48.8 Å². The maximum atomic E-state index is 16.3. The molecule has 1 aliphatic carbocycles. The lowest BCUT2D eigenvalue weighted by molar-refractivity contribution is -0.137. The summed E-state index contributed by atoms with van der Waals surface area (Å²) in [6, 6.07) is 10.5. The number of nitrogens with one attached hydrogen (secondary N) is 2. The number of halogens is 1. The Morgan fingerprint density at radius 2 is 1.98 bits per heavy atom. The second kappa shape index (κ2) is 13.0. The number of nitrogens with zero attached hydrogens (tertiary/aromatic N) is 4. The van der Waals surface area contributed by atoms with Crippen LogP contribution >= 0.6 is 11.3 Å². The van der Waals surface area contributed by atoms with Crippen molar-refractivity contribution in [2.75, 3.05) is 13.7 Å². The number of aromatic amines is 1. The van der Waals surface area contributed by atoms with Gasteiger partial charge < -0.3 is 24.7 Å². The van der Waals surface area contributed by atoms with Gasteiger partial charge in [-0.1, -0.05) is 38.4 Å². The first-order valence-corrected chi connectivity index (χ1v) is 17.7. The molecule has 2 aromatic carbocycles. The van der Waals surface area contributed by atoms with E-state index in [2.05, 4.69) is 45.9 Å². The number of carbonyl (C=O) groups is 2. The number of fused-ring (bicyclic) bond motifs is 5. The number of alkyl carbamates (subject to hydrolysis) is 1. The number of aromatic nitrogens is 4. The monoisotopic (exact) mass is 682 g/mol. The zero-order chi connectivity index (χ0) is 34.6. The van der Waals surface area contributed by atoms with Gasteiger partial charge in [-0.25, -0.2) is 19.2 Å². The molecule has 10 nitrogen and oxygen atoms in total. The molecule has 1 aliphatic heterocycles. The molecule has 2 N–H and O–H groups in total. The second-order valence-electron chi connectivity index (χ2n) is 13.2. The first kappa shape index (κ1) is 32.9. The van der Waals surface area contributed by atoms with Crippen molar-refractivity contribution in [2.45, 2.75) is 71.2 Å². The highest BCUT2D eigenvalue weighted by Gasteiger charge is 2.36. The largest absolute Gasteiger partial charge is 0.464 e. The van der Waals surface area contributed by atoms with Gasteiger partial charge in [0.2, 0.25) is 12.1 Å². The molecule has 3 aromatic heterocycles. The van der Waals surface area contributed by atoms with Crippen LogP contribution in [0.3, 0.4) is 0 Å². The van der Waals surface area contributed by atoms with Crippen LogP contribution in [0.5, 0.6) is 5.75 Å². The molecule has 49 heavy (non-hydrogen) atoms. The average molecular weight is 683 g/mol. The van der Waals surface area contributed by atoms with Gasteiger partial charge in [0.15, 0.2) is 0 Å². The average Bonchev–Trinajstić information content (AvgIpc) is 3.44. The number of carbonyl (C=O) groups excluding carboxylic acids is 2. The molecule has 0 radical (unpaired) electrons. The molecular formula is C36H40BFN6O4S. The van der Waals surface area contributed by atoms with Gasteiger partial charge in [-0.3, -0.25) is 9.36 Å². The van der Waals surface area contributed by atoms with E-state index in [0.717, 1.165) is 44.8 Å². The Labute approximate surface area is 289 Å². The molecule has 0 bridgehead atoms. The van der Waals surface area contributed by atoms with Crippen LogP contribution in [0.25, 0.3) is 33.4 Å². The summed E-state index contributed by atoms with van der Waals surface area (Å²) in [6.45, 7) is 8.01. The molecule has 4 heterocycles. The van der Waals surface area contributed by atoms with Crippen molar-refractivity contribution in [3.8, 4) is 28.3 Å². The molecule has 2 aliphatic rings. The predicted octanol–water partition coefficient (Wildman–Crippen LogP) is 6.05. The van der Waals surface area contributed by atoms with Gasteiger partial charge in [-0.2, -0.15) is 0 Å². The molecule has 1 saturated carbocycles. The summed E-state index contributed by atoms with van der Waals surface area (Å²) in [5.41, 5.74) is 4.44. The predicted molar refractivity (Wildman–Crippen MR) is 191 cm³/mol. The molecular weight excluding hydrogens is 642 g/mol. The number of hydrogen-bond donors (Lipinski definition) is 2. The number of ether oxygens (including phenoxy) is 2. The Balaban J connectivity index is 1.25. The minimum atomic E-state index is -0.769. The van der Waals surface area contributed by atoms with E-state index in [1.165, 1.54) is 13.2 Å². The highest BCUT2D eigenvalue weighted by atomic mass is 32.1. The van der Waals surface area contributed by atoms with E-state index in [-0.39, 0.29) is 11.8 Å². The van der Waals surface area contributed by atoms with Crippen LogP contribution < -0.4 is 15.5 Å². The Kier molecular flexibility index (Phi) is 8.72. The SMILES string of the molecule is Bc1ccc2c(c1)cc1n2[C@H](c2cnc(C3CC3)s2)Oc2cc(-c3cnc([C@H](CC)N(CC)C(=O)[C@@H](NC(=O)OC)C(C)C)[nH]3)cc(F)c2-1. The summed E-state index contributed by atoms with van der Waals surface area (Å²) in [7, 11) is 3.32. The van der Waals surface area contributed by atoms with Crippen LogP contribution in [-0.2, 0) is 9.53 Å². The van der Waals surface area contributed by atoms with Gasteiger partial charge in [0.25, 0.3) is 0 Å². The molecule has 7 rings (SSSR count). The first-order valence-electron chi connectivity index (χ1n) is 16.9. The van der Waals surface area contributed by atoms with Crippen molar-refractivity contribution in [3.05, 3.63) is 70.3 Å². The van der Waals surface area contributed by atoms with Crippen LogP contribution in [0.2, 0.25) is 0 Å². The lowest BCUT2D eigenvalue weighted by Gasteiger charge is -2.33. The Bertz CT molecular complexity index is 2050. The van der Waals surface area contributed by atoms with Crippen molar-refractivity contribution in [3.63, 3.8) is 0 Å².